The highest BCUT2D eigenvalue weighted by atomic mass is 35.5. The second kappa shape index (κ2) is 7.07. The van der Waals surface area contributed by atoms with E-state index in [1.165, 1.54) is 16.8 Å². The first-order valence-corrected chi connectivity index (χ1v) is 9.49. The van der Waals surface area contributed by atoms with Gasteiger partial charge in [0.15, 0.2) is 0 Å². The maximum absolute atomic E-state index is 6.07. The van der Waals surface area contributed by atoms with Gasteiger partial charge in [-0.1, -0.05) is 47.5 Å². The minimum absolute atomic E-state index is 0.235. The molecular weight excluding hydrogens is 365 g/mol. The smallest absolute Gasteiger partial charge is 0.0813 e. The predicted molar refractivity (Wildman–Crippen MR) is 110 cm³/mol. The topological polar surface area (TPSA) is 18.8 Å². The molecule has 2 aliphatic rings. The predicted octanol–water partition coefficient (Wildman–Crippen LogP) is 4.98. The van der Waals surface area contributed by atoms with Crippen molar-refractivity contribution in [2.45, 2.75) is 6.04 Å². The molecule has 0 aliphatic carbocycles. The summed E-state index contributed by atoms with van der Waals surface area (Å²) in [4.78, 5) is 2.37. The standard InChI is InChI=1S/C21H21Cl2N3/c1-25-12-16(11-14-3-7-17(22)8-4-14)20-19(13-25)21(26(2)24-20)15-5-9-18(23)10-6-15/h3-11,19,21H,12-13H2,1-2H3/b16-11+/t19-,21+/m0/s1. The number of likely N-dealkylation sites (N-methyl/N-ethyl adjacent to an activating group) is 1. The first-order chi connectivity index (χ1) is 12.5. The second-order valence-electron chi connectivity index (χ2n) is 7.08. The van der Waals surface area contributed by atoms with Gasteiger partial charge in [-0.25, -0.2) is 0 Å². The zero-order valence-electron chi connectivity index (χ0n) is 14.9. The van der Waals surface area contributed by atoms with Crippen LogP contribution in [0.5, 0.6) is 0 Å². The van der Waals surface area contributed by atoms with Crippen LogP contribution in [0, 0.1) is 5.92 Å². The molecule has 0 aromatic heterocycles. The minimum atomic E-state index is 0.235. The van der Waals surface area contributed by atoms with Gasteiger partial charge in [0, 0.05) is 36.1 Å². The van der Waals surface area contributed by atoms with Crippen LogP contribution in [-0.4, -0.2) is 42.8 Å². The molecule has 5 heteroatoms. The SMILES string of the molecule is CN1C/C(=C\c2ccc(Cl)cc2)C2=NN(C)[C@H](c3ccc(Cl)cc3)[C@H]2C1. The van der Waals surface area contributed by atoms with Gasteiger partial charge >= 0.3 is 0 Å². The molecule has 1 saturated heterocycles. The van der Waals surface area contributed by atoms with Crippen LogP contribution in [0.3, 0.4) is 0 Å². The zero-order chi connectivity index (χ0) is 18.3. The van der Waals surface area contributed by atoms with Crippen molar-refractivity contribution in [2.24, 2.45) is 11.0 Å². The van der Waals surface area contributed by atoms with Gasteiger partial charge in [-0.15, -0.1) is 0 Å². The number of halogens is 2. The van der Waals surface area contributed by atoms with E-state index < -0.39 is 0 Å². The molecule has 2 atom stereocenters. The molecule has 0 amide bonds. The molecule has 2 aromatic rings. The number of nitrogens with zero attached hydrogens (tertiary/aromatic N) is 3. The Morgan fingerprint density at radius 3 is 2.23 bits per heavy atom. The van der Waals surface area contributed by atoms with E-state index in [9.17, 15) is 0 Å². The maximum atomic E-state index is 6.07. The average Bonchev–Trinajstić information content (AvgIpc) is 2.94. The largest absolute Gasteiger partial charge is 0.301 e. The summed E-state index contributed by atoms with van der Waals surface area (Å²) in [6, 6.07) is 16.3. The molecule has 0 saturated carbocycles. The molecule has 0 bridgehead atoms. The van der Waals surface area contributed by atoms with E-state index in [2.05, 4.69) is 54.3 Å². The van der Waals surface area contributed by atoms with E-state index in [0.717, 1.165) is 28.7 Å². The third-order valence-electron chi connectivity index (χ3n) is 5.10. The van der Waals surface area contributed by atoms with Gasteiger partial charge in [-0.2, -0.15) is 5.10 Å². The van der Waals surface area contributed by atoms with Crippen molar-refractivity contribution in [1.29, 1.82) is 0 Å². The van der Waals surface area contributed by atoms with Gasteiger partial charge in [-0.05, 0) is 54.1 Å². The summed E-state index contributed by atoms with van der Waals surface area (Å²) in [6.45, 7) is 1.90. The summed E-state index contributed by atoms with van der Waals surface area (Å²) in [6.07, 6.45) is 2.23. The van der Waals surface area contributed by atoms with Crippen LogP contribution in [0.2, 0.25) is 10.0 Å². The highest BCUT2D eigenvalue weighted by Crippen LogP contribution is 2.39. The number of likely N-dealkylation sites (tertiary alicyclic amines) is 1. The fourth-order valence-corrected chi connectivity index (χ4v) is 4.22. The van der Waals surface area contributed by atoms with Gasteiger partial charge < -0.3 is 4.90 Å². The summed E-state index contributed by atoms with van der Waals surface area (Å²) < 4.78 is 0. The van der Waals surface area contributed by atoms with Crippen LogP contribution in [0.1, 0.15) is 17.2 Å². The van der Waals surface area contributed by atoms with Crippen molar-refractivity contribution < 1.29 is 0 Å². The number of fused-ring (bicyclic) bond motifs is 1. The monoisotopic (exact) mass is 385 g/mol. The van der Waals surface area contributed by atoms with Gasteiger partial charge in [-0.3, -0.25) is 5.01 Å². The second-order valence-corrected chi connectivity index (χ2v) is 7.95. The summed E-state index contributed by atoms with van der Waals surface area (Å²) >= 11 is 12.1. The molecule has 26 heavy (non-hydrogen) atoms. The van der Waals surface area contributed by atoms with Crippen molar-refractivity contribution in [3.05, 3.63) is 75.3 Å². The lowest BCUT2D eigenvalue weighted by molar-refractivity contribution is 0.211. The molecular formula is C21H21Cl2N3. The molecule has 2 heterocycles. The quantitative estimate of drug-likeness (QED) is 0.725. The summed E-state index contributed by atoms with van der Waals surface area (Å²) in [5.74, 6) is 0.346. The third kappa shape index (κ3) is 3.39. The molecule has 0 N–H and O–H groups in total. The van der Waals surface area contributed by atoms with Crippen LogP contribution in [0.15, 0.2) is 59.2 Å². The molecule has 4 rings (SSSR count). The Kier molecular flexibility index (Phi) is 4.78. The normalized spacial score (nSPS) is 24.7. The summed E-state index contributed by atoms with van der Waals surface area (Å²) in [5.41, 5.74) is 4.87. The maximum Gasteiger partial charge on any atom is 0.0813 e. The summed E-state index contributed by atoms with van der Waals surface area (Å²) in [5, 5.41) is 8.53. The zero-order valence-corrected chi connectivity index (χ0v) is 16.4. The van der Waals surface area contributed by atoms with E-state index in [1.54, 1.807) is 0 Å². The number of rotatable bonds is 2. The van der Waals surface area contributed by atoms with Crippen LogP contribution in [0.4, 0.5) is 0 Å². The molecule has 0 spiro atoms. The number of hydrogen-bond donors (Lipinski definition) is 0. The van der Waals surface area contributed by atoms with E-state index >= 15 is 0 Å². The molecule has 1 fully saturated rings. The highest BCUT2D eigenvalue weighted by Gasteiger charge is 2.41. The Labute approximate surface area is 164 Å². The van der Waals surface area contributed by atoms with Crippen LogP contribution in [-0.2, 0) is 0 Å². The Morgan fingerprint density at radius 2 is 1.58 bits per heavy atom. The molecule has 0 radical (unpaired) electrons. The Hall–Kier alpha value is -1.81. The lowest BCUT2D eigenvalue weighted by atomic mass is 9.83. The molecule has 2 aliphatic heterocycles. The van der Waals surface area contributed by atoms with E-state index in [1.807, 2.05) is 24.3 Å². The Balaban J connectivity index is 1.68. The Morgan fingerprint density at radius 1 is 0.962 bits per heavy atom. The molecule has 134 valence electrons. The third-order valence-corrected chi connectivity index (χ3v) is 5.60. The lowest BCUT2D eigenvalue weighted by Gasteiger charge is -2.34. The number of benzene rings is 2. The van der Waals surface area contributed by atoms with E-state index in [0.29, 0.717) is 5.92 Å². The molecule has 3 nitrogen and oxygen atoms in total. The number of hydrazone groups is 1. The Bertz CT molecular complexity index is 856. The fraction of sp³-hybridized carbons (Fsp3) is 0.286. The van der Waals surface area contributed by atoms with Crippen LogP contribution >= 0.6 is 23.2 Å². The average molecular weight is 386 g/mol. The number of piperidine rings is 1. The van der Waals surface area contributed by atoms with Gasteiger partial charge in [0.1, 0.15) is 0 Å². The number of hydrogen-bond acceptors (Lipinski definition) is 3. The van der Waals surface area contributed by atoms with Gasteiger partial charge in [0.25, 0.3) is 0 Å². The van der Waals surface area contributed by atoms with Crippen molar-refractivity contribution in [3.63, 3.8) is 0 Å². The van der Waals surface area contributed by atoms with E-state index in [4.69, 9.17) is 28.3 Å². The first-order valence-electron chi connectivity index (χ1n) is 8.73. The van der Waals surface area contributed by atoms with Crippen molar-refractivity contribution >= 4 is 35.0 Å². The van der Waals surface area contributed by atoms with Crippen molar-refractivity contribution in [1.82, 2.24) is 9.91 Å². The van der Waals surface area contributed by atoms with E-state index in [-0.39, 0.29) is 6.04 Å². The van der Waals surface area contributed by atoms with Crippen molar-refractivity contribution in [2.75, 3.05) is 27.2 Å². The fourth-order valence-electron chi connectivity index (χ4n) is 3.96. The van der Waals surface area contributed by atoms with Gasteiger partial charge in [0.2, 0.25) is 0 Å². The minimum Gasteiger partial charge on any atom is -0.301 e. The first kappa shape index (κ1) is 17.6. The highest BCUT2D eigenvalue weighted by molar-refractivity contribution is 6.30. The van der Waals surface area contributed by atoms with Crippen LogP contribution in [0.25, 0.3) is 6.08 Å². The van der Waals surface area contributed by atoms with Gasteiger partial charge in [0.05, 0.1) is 11.8 Å². The summed E-state index contributed by atoms with van der Waals surface area (Å²) in [7, 11) is 4.23. The molecule has 2 aromatic carbocycles. The van der Waals surface area contributed by atoms with Crippen LogP contribution < -0.4 is 0 Å². The lowest BCUT2D eigenvalue weighted by Crippen LogP contribution is -2.41. The molecule has 0 unspecified atom stereocenters. The van der Waals surface area contributed by atoms with Crippen molar-refractivity contribution in [3.8, 4) is 0 Å².